The van der Waals surface area contributed by atoms with Crippen LogP contribution in [0, 0.1) is 5.82 Å². The summed E-state index contributed by atoms with van der Waals surface area (Å²) in [6, 6.07) is 5.69. The second-order valence-electron chi connectivity index (χ2n) is 8.62. The molecule has 1 saturated heterocycles. The molecular formula is C25H25Cl2FN6O. The molecular weight excluding hydrogens is 490 g/mol. The van der Waals surface area contributed by atoms with Crippen LogP contribution < -0.4 is 5.32 Å². The lowest BCUT2D eigenvalue weighted by atomic mass is 9.98. The molecule has 1 N–H and O–H groups in total. The molecule has 0 saturated carbocycles. The first-order valence-corrected chi connectivity index (χ1v) is 12.2. The van der Waals surface area contributed by atoms with Crippen molar-refractivity contribution in [3.8, 4) is 0 Å². The smallest absolute Gasteiger partial charge is 0.223 e. The van der Waals surface area contributed by atoms with Crippen LogP contribution in [0.3, 0.4) is 0 Å². The van der Waals surface area contributed by atoms with Crippen molar-refractivity contribution in [2.45, 2.75) is 24.9 Å². The predicted molar refractivity (Wildman–Crippen MR) is 135 cm³/mol. The Bertz CT molecular complexity index is 1270. The van der Waals surface area contributed by atoms with Crippen LogP contribution in [0.25, 0.3) is 5.57 Å². The first kappa shape index (κ1) is 23.8. The van der Waals surface area contributed by atoms with Gasteiger partial charge in [-0.1, -0.05) is 35.3 Å². The van der Waals surface area contributed by atoms with Crippen molar-refractivity contribution in [2.75, 3.05) is 25.1 Å². The summed E-state index contributed by atoms with van der Waals surface area (Å²) in [5.41, 5.74) is 2.96. The molecule has 0 spiro atoms. The molecule has 7 nitrogen and oxygen atoms in total. The van der Waals surface area contributed by atoms with Gasteiger partial charge < -0.3 is 15.0 Å². The van der Waals surface area contributed by atoms with Crippen molar-refractivity contribution in [3.63, 3.8) is 0 Å². The zero-order valence-corrected chi connectivity index (χ0v) is 20.7. The van der Waals surface area contributed by atoms with Gasteiger partial charge in [-0.05, 0) is 36.6 Å². The summed E-state index contributed by atoms with van der Waals surface area (Å²) in [7, 11) is 1.88. The largest absolute Gasteiger partial charge is 0.381 e. The third kappa shape index (κ3) is 5.34. The molecule has 0 radical (unpaired) electrons. The highest BCUT2D eigenvalue weighted by Crippen LogP contribution is 2.35. The number of nitrogens with zero attached hydrogens (tertiary/aromatic N) is 5. The van der Waals surface area contributed by atoms with Crippen LogP contribution in [0.2, 0.25) is 10.0 Å². The molecule has 1 aromatic carbocycles. The van der Waals surface area contributed by atoms with Gasteiger partial charge in [-0.3, -0.25) is 4.68 Å². The fourth-order valence-electron chi connectivity index (χ4n) is 4.38. The van der Waals surface area contributed by atoms with Gasteiger partial charge in [0, 0.05) is 56.4 Å². The average Bonchev–Trinajstić information content (AvgIpc) is 3.29. The SMILES string of the molecule is Cn1cc(C(c2ccc(Cl)c(Cl)c2)N2C=CC(c3nc(NC4CCOCC4)ncc3F)=CC2)cn1. The summed E-state index contributed by atoms with van der Waals surface area (Å²) < 4.78 is 21.9. The molecule has 2 aliphatic heterocycles. The van der Waals surface area contributed by atoms with Crippen LogP contribution in [-0.4, -0.2) is 50.4 Å². The zero-order valence-electron chi connectivity index (χ0n) is 19.2. The van der Waals surface area contributed by atoms with Gasteiger partial charge in [0.2, 0.25) is 5.95 Å². The Kier molecular flexibility index (Phi) is 7.04. The average molecular weight is 515 g/mol. The highest BCUT2D eigenvalue weighted by atomic mass is 35.5. The minimum Gasteiger partial charge on any atom is -0.381 e. The summed E-state index contributed by atoms with van der Waals surface area (Å²) in [4.78, 5) is 10.8. The number of allylic oxidation sites excluding steroid dienone is 2. The van der Waals surface area contributed by atoms with Crippen LogP contribution >= 0.6 is 23.2 Å². The van der Waals surface area contributed by atoms with E-state index < -0.39 is 5.82 Å². The van der Waals surface area contributed by atoms with E-state index in [1.807, 2.05) is 49.9 Å². The van der Waals surface area contributed by atoms with Gasteiger partial charge in [0.1, 0.15) is 5.69 Å². The first-order chi connectivity index (χ1) is 17.0. The van der Waals surface area contributed by atoms with Crippen molar-refractivity contribution in [2.24, 2.45) is 7.05 Å². The molecule has 35 heavy (non-hydrogen) atoms. The molecule has 2 aromatic heterocycles. The Morgan fingerprint density at radius 1 is 1.14 bits per heavy atom. The standard InChI is InChI=1S/C25H25Cl2FN6O/c1-33-15-18(13-30-33)24(17-2-3-20(26)21(27)12-17)34-8-4-16(5-9-34)23-22(28)14-29-25(32-23)31-19-6-10-35-11-7-19/h2-5,8,12-15,19,24H,6-7,9-11H2,1H3,(H,29,31,32). The van der Waals surface area contributed by atoms with Crippen LogP contribution in [-0.2, 0) is 11.8 Å². The van der Waals surface area contributed by atoms with Gasteiger partial charge >= 0.3 is 0 Å². The number of anilines is 1. The summed E-state index contributed by atoms with van der Waals surface area (Å²) in [5.74, 6) is -0.0331. The van der Waals surface area contributed by atoms with Gasteiger partial charge in [-0.15, -0.1) is 0 Å². The van der Waals surface area contributed by atoms with Gasteiger partial charge in [0.15, 0.2) is 5.82 Å². The predicted octanol–water partition coefficient (Wildman–Crippen LogP) is 5.25. The number of hydrogen-bond acceptors (Lipinski definition) is 6. The number of halogens is 3. The molecule has 0 amide bonds. The highest BCUT2D eigenvalue weighted by molar-refractivity contribution is 6.42. The Morgan fingerprint density at radius 2 is 1.97 bits per heavy atom. The summed E-state index contributed by atoms with van der Waals surface area (Å²) in [6.07, 6.45) is 12.5. The molecule has 2 aliphatic rings. The molecule has 4 heterocycles. The van der Waals surface area contributed by atoms with Crippen LogP contribution in [0.15, 0.2) is 55.1 Å². The lowest BCUT2D eigenvalue weighted by molar-refractivity contribution is 0.0903. The summed E-state index contributed by atoms with van der Waals surface area (Å²) >= 11 is 12.5. The van der Waals surface area contributed by atoms with Crippen LogP contribution in [0.4, 0.5) is 10.3 Å². The zero-order chi connectivity index (χ0) is 24.4. The molecule has 3 aromatic rings. The van der Waals surface area contributed by atoms with Crippen molar-refractivity contribution in [1.82, 2.24) is 24.6 Å². The molecule has 0 aliphatic carbocycles. The molecule has 1 unspecified atom stereocenters. The maximum absolute atomic E-state index is 14.7. The number of ether oxygens (including phenoxy) is 1. The molecule has 0 bridgehead atoms. The van der Waals surface area contributed by atoms with Gasteiger partial charge in [0.05, 0.1) is 28.5 Å². The van der Waals surface area contributed by atoms with E-state index in [4.69, 9.17) is 27.9 Å². The van der Waals surface area contributed by atoms with Gasteiger partial charge in [-0.25, -0.2) is 14.4 Å². The highest BCUT2D eigenvalue weighted by Gasteiger charge is 2.24. The fourth-order valence-corrected chi connectivity index (χ4v) is 4.69. The molecule has 1 atom stereocenters. The minimum absolute atomic E-state index is 0.145. The number of aryl methyl sites for hydroxylation is 1. The number of benzene rings is 1. The van der Waals surface area contributed by atoms with E-state index >= 15 is 0 Å². The molecule has 5 rings (SSSR count). The Balaban J connectivity index is 1.39. The maximum atomic E-state index is 14.7. The van der Waals surface area contributed by atoms with E-state index in [0.717, 1.165) is 24.0 Å². The number of hydrogen-bond donors (Lipinski definition) is 1. The Hall–Kier alpha value is -2.94. The van der Waals surface area contributed by atoms with E-state index in [2.05, 4.69) is 25.3 Å². The first-order valence-electron chi connectivity index (χ1n) is 11.4. The Labute approximate surface area is 213 Å². The van der Waals surface area contributed by atoms with Gasteiger partial charge in [-0.2, -0.15) is 5.10 Å². The summed E-state index contributed by atoms with van der Waals surface area (Å²) in [5, 5.41) is 8.64. The maximum Gasteiger partial charge on any atom is 0.223 e. The molecule has 182 valence electrons. The van der Waals surface area contributed by atoms with Crippen molar-refractivity contribution >= 4 is 34.7 Å². The molecule has 10 heteroatoms. The Morgan fingerprint density at radius 3 is 2.66 bits per heavy atom. The van der Waals surface area contributed by atoms with E-state index in [-0.39, 0.29) is 17.8 Å². The van der Waals surface area contributed by atoms with E-state index in [1.165, 1.54) is 6.20 Å². The number of rotatable bonds is 6. The van der Waals surface area contributed by atoms with Gasteiger partial charge in [0.25, 0.3) is 0 Å². The lowest BCUT2D eigenvalue weighted by Crippen LogP contribution is -2.29. The molecule has 1 fully saturated rings. The fraction of sp³-hybridized carbons (Fsp3) is 0.320. The minimum atomic E-state index is -0.458. The third-order valence-electron chi connectivity index (χ3n) is 6.17. The van der Waals surface area contributed by atoms with Crippen LogP contribution in [0.1, 0.15) is 35.7 Å². The normalized spacial score (nSPS) is 17.4. The summed E-state index contributed by atoms with van der Waals surface area (Å²) in [6.45, 7) is 1.94. The second kappa shape index (κ2) is 10.4. The topological polar surface area (TPSA) is 68.1 Å². The lowest BCUT2D eigenvalue weighted by Gasteiger charge is -2.32. The monoisotopic (exact) mass is 514 g/mol. The van der Waals surface area contributed by atoms with Crippen molar-refractivity contribution < 1.29 is 9.13 Å². The van der Waals surface area contributed by atoms with Crippen molar-refractivity contribution in [1.29, 1.82) is 0 Å². The van der Waals surface area contributed by atoms with E-state index in [9.17, 15) is 4.39 Å². The second-order valence-corrected chi connectivity index (χ2v) is 9.43. The quantitative estimate of drug-likeness (QED) is 0.484. The van der Waals surface area contributed by atoms with E-state index in [0.29, 0.717) is 41.3 Å². The van der Waals surface area contributed by atoms with Crippen LogP contribution in [0.5, 0.6) is 0 Å². The van der Waals surface area contributed by atoms with Crippen molar-refractivity contribution in [3.05, 3.63) is 87.8 Å². The number of nitrogens with one attached hydrogen (secondary N) is 1. The number of aromatic nitrogens is 4. The van der Waals surface area contributed by atoms with E-state index in [1.54, 1.807) is 10.7 Å². The third-order valence-corrected chi connectivity index (χ3v) is 6.91.